The van der Waals surface area contributed by atoms with Gasteiger partial charge in [-0.1, -0.05) is 60.2 Å². The zero-order valence-electron chi connectivity index (χ0n) is 14.6. The molecule has 0 saturated carbocycles. The Labute approximate surface area is 160 Å². The fourth-order valence-electron chi connectivity index (χ4n) is 2.45. The van der Waals surface area contributed by atoms with E-state index in [4.69, 9.17) is 9.84 Å². The number of carbonyl (C=O) groups is 2. The van der Waals surface area contributed by atoms with Gasteiger partial charge in [0.05, 0.1) is 12.1 Å². The van der Waals surface area contributed by atoms with Gasteiger partial charge in [-0.2, -0.15) is 0 Å². The van der Waals surface area contributed by atoms with Crippen molar-refractivity contribution in [3.05, 3.63) is 70.6 Å². The first-order valence-electron chi connectivity index (χ1n) is 8.27. The van der Waals surface area contributed by atoms with Crippen LogP contribution in [0, 0.1) is 6.92 Å². The average Bonchev–Trinajstić information content (AvgIpc) is 3.03. The standard InChI is InChI=1S/C20H18N2O4S/c1-13-7-9-15(10-8-13)18-16(11-17(23)24)27-19(21-18)22-20(25)26-12-14-5-3-2-4-6-14/h2-10H,11-12H2,1H3,(H,23,24)(H,21,22,25). The molecule has 0 aliphatic rings. The van der Waals surface area contributed by atoms with Crippen molar-refractivity contribution < 1.29 is 19.4 Å². The molecule has 0 aliphatic heterocycles. The van der Waals surface area contributed by atoms with Gasteiger partial charge in [0.15, 0.2) is 5.13 Å². The Morgan fingerprint density at radius 3 is 2.48 bits per heavy atom. The number of benzene rings is 2. The number of thiazole rings is 1. The molecular formula is C20H18N2O4S. The Morgan fingerprint density at radius 2 is 1.81 bits per heavy atom. The third kappa shape index (κ3) is 5.15. The number of nitrogens with zero attached hydrogens (tertiary/aromatic N) is 1. The summed E-state index contributed by atoms with van der Waals surface area (Å²) in [5.41, 5.74) is 3.33. The molecule has 0 saturated heterocycles. The highest BCUT2D eigenvalue weighted by Gasteiger charge is 2.17. The number of aliphatic carboxylic acids is 1. The van der Waals surface area contributed by atoms with E-state index >= 15 is 0 Å². The minimum absolute atomic E-state index is 0.144. The summed E-state index contributed by atoms with van der Waals surface area (Å²) in [5, 5.41) is 12.0. The first-order valence-corrected chi connectivity index (χ1v) is 9.09. The average molecular weight is 382 g/mol. The number of carbonyl (C=O) groups excluding carboxylic acids is 1. The van der Waals surface area contributed by atoms with Crippen LogP contribution in [0.25, 0.3) is 11.3 Å². The van der Waals surface area contributed by atoms with Gasteiger partial charge in [-0.25, -0.2) is 9.78 Å². The number of carboxylic acid groups (broad SMARTS) is 1. The monoisotopic (exact) mass is 382 g/mol. The van der Waals surface area contributed by atoms with Crippen molar-refractivity contribution in [2.24, 2.45) is 0 Å². The number of hydrogen-bond donors (Lipinski definition) is 2. The zero-order chi connectivity index (χ0) is 19.2. The van der Waals surface area contributed by atoms with E-state index in [1.807, 2.05) is 61.5 Å². The maximum Gasteiger partial charge on any atom is 0.413 e. The number of rotatable bonds is 6. The Hall–Kier alpha value is -3.19. The predicted molar refractivity (Wildman–Crippen MR) is 104 cm³/mol. The fourth-order valence-corrected chi connectivity index (χ4v) is 3.41. The van der Waals surface area contributed by atoms with Gasteiger partial charge in [0.25, 0.3) is 0 Å². The molecule has 2 aromatic carbocycles. The lowest BCUT2D eigenvalue weighted by Crippen LogP contribution is -2.13. The van der Waals surface area contributed by atoms with Crippen molar-refractivity contribution in [1.82, 2.24) is 4.98 Å². The number of aromatic nitrogens is 1. The summed E-state index contributed by atoms with van der Waals surface area (Å²) in [6.07, 6.45) is -0.799. The van der Waals surface area contributed by atoms with Crippen molar-refractivity contribution in [3.8, 4) is 11.3 Å². The van der Waals surface area contributed by atoms with Gasteiger partial charge in [0.1, 0.15) is 6.61 Å². The van der Waals surface area contributed by atoms with Crippen LogP contribution < -0.4 is 5.32 Å². The number of anilines is 1. The molecule has 0 fully saturated rings. The molecule has 0 bridgehead atoms. The van der Waals surface area contributed by atoms with Crippen LogP contribution >= 0.6 is 11.3 Å². The summed E-state index contributed by atoms with van der Waals surface area (Å²) in [5.74, 6) is -0.954. The Morgan fingerprint density at radius 1 is 1.11 bits per heavy atom. The van der Waals surface area contributed by atoms with Crippen molar-refractivity contribution in [2.75, 3.05) is 5.32 Å². The first-order chi connectivity index (χ1) is 13.0. The van der Waals surface area contributed by atoms with E-state index in [9.17, 15) is 9.59 Å². The Bertz CT molecular complexity index is 936. The van der Waals surface area contributed by atoms with Crippen molar-refractivity contribution in [2.45, 2.75) is 20.0 Å². The highest BCUT2D eigenvalue weighted by molar-refractivity contribution is 7.16. The maximum atomic E-state index is 12.0. The fraction of sp³-hybridized carbons (Fsp3) is 0.150. The third-order valence-corrected chi connectivity index (χ3v) is 4.73. The van der Waals surface area contributed by atoms with Crippen LogP contribution in [-0.4, -0.2) is 22.2 Å². The topological polar surface area (TPSA) is 88.5 Å². The number of nitrogens with one attached hydrogen (secondary N) is 1. The number of hydrogen-bond acceptors (Lipinski definition) is 5. The lowest BCUT2D eigenvalue weighted by atomic mass is 10.1. The largest absolute Gasteiger partial charge is 0.481 e. The van der Waals surface area contributed by atoms with Crippen molar-refractivity contribution in [3.63, 3.8) is 0 Å². The molecule has 27 heavy (non-hydrogen) atoms. The second-order valence-electron chi connectivity index (χ2n) is 5.91. The molecule has 1 amide bonds. The quantitative estimate of drug-likeness (QED) is 0.655. The van der Waals surface area contributed by atoms with Gasteiger partial charge in [-0.15, -0.1) is 11.3 Å². The lowest BCUT2D eigenvalue weighted by molar-refractivity contribution is -0.136. The van der Waals surface area contributed by atoms with Gasteiger partial charge in [0, 0.05) is 10.4 Å². The van der Waals surface area contributed by atoms with Gasteiger partial charge in [-0.05, 0) is 12.5 Å². The molecule has 0 radical (unpaired) electrons. The molecule has 0 aliphatic carbocycles. The van der Waals surface area contributed by atoms with Crippen LogP contribution in [-0.2, 0) is 22.6 Å². The zero-order valence-corrected chi connectivity index (χ0v) is 15.5. The molecule has 138 valence electrons. The van der Waals surface area contributed by atoms with Gasteiger partial charge < -0.3 is 9.84 Å². The second-order valence-corrected chi connectivity index (χ2v) is 7.00. The van der Waals surface area contributed by atoms with Crippen molar-refractivity contribution >= 4 is 28.5 Å². The van der Waals surface area contributed by atoms with Crippen LogP contribution in [0.4, 0.5) is 9.93 Å². The van der Waals surface area contributed by atoms with E-state index in [0.717, 1.165) is 28.0 Å². The summed E-state index contributed by atoms with van der Waals surface area (Å²) >= 11 is 1.13. The van der Waals surface area contributed by atoms with Crippen molar-refractivity contribution in [1.29, 1.82) is 0 Å². The van der Waals surface area contributed by atoms with Crippen LogP contribution in [0.1, 0.15) is 16.0 Å². The normalized spacial score (nSPS) is 10.4. The highest BCUT2D eigenvalue weighted by atomic mass is 32.1. The van der Waals surface area contributed by atoms with Crippen LogP contribution in [0.2, 0.25) is 0 Å². The molecule has 6 nitrogen and oxygen atoms in total. The molecule has 0 atom stereocenters. The van der Waals surface area contributed by atoms with Gasteiger partial charge >= 0.3 is 12.1 Å². The summed E-state index contributed by atoms with van der Waals surface area (Å²) in [4.78, 5) is 28.2. The van der Waals surface area contributed by atoms with Crippen LogP contribution in [0.3, 0.4) is 0 Å². The minimum atomic E-state index is -0.954. The van der Waals surface area contributed by atoms with E-state index in [2.05, 4.69) is 10.3 Å². The molecule has 1 heterocycles. The molecule has 3 aromatic rings. The minimum Gasteiger partial charge on any atom is -0.481 e. The molecule has 3 rings (SSSR count). The SMILES string of the molecule is Cc1ccc(-c2nc(NC(=O)OCc3ccccc3)sc2CC(=O)O)cc1. The second kappa shape index (κ2) is 8.46. The molecule has 7 heteroatoms. The predicted octanol–water partition coefficient (Wildman–Crippen LogP) is 4.49. The third-order valence-electron chi connectivity index (χ3n) is 3.76. The summed E-state index contributed by atoms with van der Waals surface area (Å²) in [6.45, 7) is 2.11. The smallest absolute Gasteiger partial charge is 0.413 e. The highest BCUT2D eigenvalue weighted by Crippen LogP contribution is 2.32. The number of amides is 1. The first kappa shape index (κ1) is 18.6. The molecule has 1 aromatic heterocycles. The maximum absolute atomic E-state index is 12.0. The number of aryl methyl sites for hydroxylation is 1. The van der Waals surface area contributed by atoms with E-state index in [1.165, 1.54) is 0 Å². The van der Waals surface area contributed by atoms with E-state index in [0.29, 0.717) is 15.7 Å². The van der Waals surface area contributed by atoms with Crippen LogP contribution in [0.15, 0.2) is 54.6 Å². The molecular weight excluding hydrogens is 364 g/mol. The number of carboxylic acids is 1. The van der Waals surface area contributed by atoms with E-state index < -0.39 is 12.1 Å². The van der Waals surface area contributed by atoms with E-state index in [-0.39, 0.29) is 13.0 Å². The summed E-state index contributed by atoms with van der Waals surface area (Å²) in [6, 6.07) is 17.0. The number of ether oxygens (including phenoxy) is 1. The molecule has 0 spiro atoms. The lowest BCUT2D eigenvalue weighted by Gasteiger charge is -2.04. The van der Waals surface area contributed by atoms with Gasteiger partial charge in [0.2, 0.25) is 0 Å². The Balaban J connectivity index is 1.74. The Kier molecular flexibility index (Phi) is 5.83. The summed E-state index contributed by atoms with van der Waals surface area (Å²) < 4.78 is 5.18. The van der Waals surface area contributed by atoms with E-state index in [1.54, 1.807) is 0 Å². The van der Waals surface area contributed by atoms with Gasteiger partial charge in [-0.3, -0.25) is 10.1 Å². The summed E-state index contributed by atoms with van der Waals surface area (Å²) in [7, 11) is 0. The molecule has 2 N–H and O–H groups in total. The van der Waals surface area contributed by atoms with Crippen LogP contribution in [0.5, 0.6) is 0 Å². The molecule has 0 unspecified atom stereocenters.